The first-order valence-corrected chi connectivity index (χ1v) is 13.5. The second-order valence-electron chi connectivity index (χ2n) is 9.01. The predicted octanol–water partition coefficient (Wildman–Crippen LogP) is 3.43. The van der Waals surface area contributed by atoms with Crippen molar-refractivity contribution in [3.05, 3.63) is 74.5 Å². The number of nitrogens with zero attached hydrogens (tertiary/aromatic N) is 4. The zero-order valence-electron chi connectivity index (χ0n) is 21.0. The molecule has 3 heterocycles. The fourth-order valence-corrected chi connectivity index (χ4v) is 5.58. The van der Waals surface area contributed by atoms with Crippen LogP contribution in [0, 0.1) is 31.1 Å². The van der Waals surface area contributed by atoms with Crippen molar-refractivity contribution in [3.63, 3.8) is 0 Å². The average molecular weight is 521 g/mol. The number of sulfone groups is 1. The number of rotatable bonds is 6. The Morgan fingerprint density at radius 3 is 2.65 bits per heavy atom. The van der Waals surface area contributed by atoms with Crippen molar-refractivity contribution >= 4 is 33.3 Å². The highest BCUT2D eigenvalue weighted by atomic mass is 32.2. The van der Waals surface area contributed by atoms with Gasteiger partial charge in [0.05, 0.1) is 23.0 Å². The molecule has 1 unspecified atom stereocenters. The summed E-state index contributed by atoms with van der Waals surface area (Å²) in [5.74, 6) is -0.493. The second-order valence-corrected chi connectivity index (χ2v) is 10.9. The molecule has 2 aromatic heterocycles. The van der Waals surface area contributed by atoms with Crippen LogP contribution >= 0.6 is 0 Å². The van der Waals surface area contributed by atoms with Crippen LogP contribution in [0.1, 0.15) is 36.5 Å². The lowest BCUT2D eigenvalue weighted by molar-refractivity contribution is -0.148. The summed E-state index contributed by atoms with van der Waals surface area (Å²) in [6.45, 7) is 6.43. The van der Waals surface area contributed by atoms with Crippen LogP contribution in [0.4, 0.5) is 5.82 Å². The number of aryl methyl sites for hydroxylation is 2. The van der Waals surface area contributed by atoms with Gasteiger partial charge in [-0.05, 0) is 63.5 Å². The molecular weight excluding hydrogens is 492 g/mol. The van der Waals surface area contributed by atoms with Crippen LogP contribution in [0.3, 0.4) is 0 Å². The van der Waals surface area contributed by atoms with Gasteiger partial charge in [0.25, 0.3) is 5.56 Å². The molecule has 4 rings (SSSR count). The molecule has 1 aliphatic heterocycles. The van der Waals surface area contributed by atoms with Crippen LogP contribution in [-0.4, -0.2) is 43.5 Å². The third kappa shape index (κ3) is 5.13. The number of hydrogen-bond donors (Lipinski definition) is 0. The number of anilines is 1. The first-order chi connectivity index (χ1) is 17.7. The van der Waals surface area contributed by atoms with Crippen LogP contribution in [0.5, 0.6) is 0 Å². The summed E-state index contributed by atoms with van der Waals surface area (Å²) in [6.07, 6.45) is 3.95. The van der Waals surface area contributed by atoms with Crippen molar-refractivity contribution in [1.29, 1.82) is 5.26 Å². The number of hydrogen-bond acceptors (Lipinski definition) is 8. The van der Waals surface area contributed by atoms with E-state index in [0.717, 1.165) is 17.2 Å². The molecular formula is C27H28N4O5S. The minimum atomic E-state index is -4.19. The van der Waals surface area contributed by atoms with Gasteiger partial charge in [-0.25, -0.2) is 13.4 Å². The van der Waals surface area contributed by atoms with Gasteiger partial charge in [-0.1, -0.05) is 23.8 Å². The van der Waals surface area contributed by atoms with Crippen molar-refractivity contribution in [2.24, 2.45) is 5.92 Å². The number of allylic oxidation sites excluding steroid dienone is 1. The van der Waals surface area contributed by atoms with Crippen LogP contribution in [-0.2, 0) is 19.4 Å². The molecule has 1 aromatic carbocycles. The number of fused-ring (bicyclic) bond motifs is 1. The van der Waals surface area contributed by atoms with Gasteiger partial charge in [-0.15, -0.1) is 0 Å². The van der Waals surface area contributed by atoms with Gasteiger partial charge in [0.1, 0.15) is 22.4 Å². The van der Waals surface area contributed by atoms with E-state index in [1.807, 2.05) is 19.9 Å². The Labute approximate surface area is 215 Å². The van der Waals surface area contributed by atoms with Gasteiger partial charge in [-0.3, -0.25) is 14.0 Å². The minimum Gasteiger partial charge on any atom is -0.466 e. The van der Waals surface area contributed by atoms with Gasteiger partial charge in [0, 0.05) is 19.3 Å². The van der Waals surface area contributed by atoms with Crippen LogP contribution in [0.25, 0.3) is 11.7 Å². The molecule has 192 valence electrons. The maximum Gasteiger partial charge on any atom is 0.310 e. The summed E-state index contributed by atoms with van der Waals surface area (Å²) in [5.41, 5.74) is 1.51. The molecule has 10 heteroatoms. The van der Waals surface area contributed by atoms with Crippen molar-refractivity contribution in [2.45, 2.75) is 38.5 Å². The van der Waals surface area contributed by atoms with E-state index < -0.39 is 26.2 Å². The maximum absolute atomic E-state index is 13.7. The van der Waals surface area contributed by atoms with E-state index in [-0.39, 0.29) is 35.4 Å². The molecule has 9 nitrogen and oxygen atoms in total. The maximum atomic E-state index is 13.7. The van der Waals surface area contributed by atoms with Crippen molar-refractivity contribution in [1.82, 2.24) is 9.38 Å². The average Bonchev–Trinajstić information content (AvgIpc) is 2.89. The highest BCUT2D eigenvalue weighted by molar-refractivity contribution is 7.95. The lowest BCUT2D eigenvalue weighted by atomic mass is 9.98. The van der Waals surface area contributed by atoms with Crippen LogP contribution in [0.15, 0.2) is 57.2 Å². The van der Waals surface area contributed by atoms with E-state index in [1.54, 1.807) is 42.3 Å². The molecule has 0 amide bonds. The number of piperidine rings is 1. The van der Waals surface area contributed by atoms with Crippen molar-refractivity contribution in [3.8, 4) is 6.07 Å². The molecule has 0 saturated carbocycles. The summed E-state index contributed by atoms with van der Waals surface area (Å²) in [7, 11) is -4.19. The molecule has 0 spiro atoms. The number of esters is 1. The molecule has 0 aliphatic carbocycles. The molecule has 37 heavy (non-hydrogen) atoms. The lowest BCUT2D eigenvalue weighted by Crippen LogP contribution is -2.41. The van der Waals surface area contributed by atoms with Crippen LogP contribution < -0.4 is 10.5 Å². The number of carbonyl (C=O) groups excluding carboxylic acids is 1. The standard InChI is InChI=1S/C27H28N4O5S/c1-4-36-27(33)20-8-6-13-30(17-20)25-23(26(32)31-14-5-7-19(3)24(31)29-25)15-22(16-28)37(34,35)21-11-9-18(2)10-12-21/h5,7,9-12,14-15,20H,4,6,8,13,17H2,1-3H3/b22-15+. The van der Waals surface area contributed by atoms with Crippen LogP contribution in [0.2, 0.25) is 0 Å². The highest BCUT2D eigenvalue weighted by Crippen LogP contribution is 2.28. The molecule has 0 N–H and O–H groups in total. The van der Waals surface area contributed by atoms with E-state index in [9.17, 15) is 23.3 Å². The molecule has 1 atom stereocenters. The monoisotopic (exact) mass is 520 g/mol. The third-order valence-corrected chi connectivity index (χ3v) is 8.09. The number of nitriles is 1. The predicted molar refractivity (Wildman–Crippen MR) is 140 cm³/mol. The Morgan fingerprint density at radius 1 is 1.24 bits per heavy atom. The first-order valence-electron chi connectivity index (χ1n) is 12.0. The molecule has 3 aromatic rings. The molecule has 0 radical (unpaired) electrons. The van der Waals surface area contributed by atoms with E-state index in [2.05, 4.69) is 0 Å². The molecule has 1 aliphatic rings. The number of aromatic nitrogens is 2. The summed E-state index contributed by atoms with van der Waals surface area (Å²) in [5, 5.41) is 9.86. The summed E-state index contributed by atoms with van der Waals surface area (Å²) < 4.78 is 33.2. The fourth-order valence-electron chi connectivity index (χ4n) is 4.44. The number of carbonyl (C=O) groups is 1. The van der Waals surface area contributed by atoms with E-state index >= 15 is 0 Å². The Morgan fingerprint density at radius 2 is 1.97 bits per heavy atom. The quantitative estimate of drug-likeness (QED) is 0.358. The number of pyridine rings is 1. The Hall–Kier alpha value is -3.97. The van der Waals surface area contributed by atoms with Gasteiger partial charge in [-0.2, -0.15) is 5.26 Å². The largest absolute Gasteiger partial charge is 0.466 e. The Bertz CT molecular complexity index is 1580. The number of benzene rings is 1. The Kier molecular flexibility index (Phi) is 7.45. The minimum absolute atomic E-state index is 0.0279. The van der Waals surface area contributed by atoms with E-state index in [4.69, 9.17) is 9.72 Å². The molecule has 0 bridgehead atoms. The summed E-state index contributed by atoms with van der Waals surface area (Å²) in [4.78, 5) is 32.1. The SMILES string of the molecule is CCOC(=O)C1CCCN(c2nc3c(C)cccn3c(=O)c2/C=C(\C#N)S(=O)(=O)c2ccc(C)cc2)C1. The van der Waals surface area contributed by atoms with Crippen molar-refractivity contribution < 1.29 is 17.9 Å². The smallest absolute Gasteiger partial charge is 0.310 e. The zero-order chi connectivity index (χ0) is 26.7. The third-order valence-electron chi connectivity index (χ3n) is 6.41. The summed E-state index contributed by atoms with van der Waals surface area (Å²) >= 11 is 0. The van der Waals surface area contributed by atoms with E-state index in [0.29, 0.717) is 25.0 Å². The summed E-state index contributed by atoms with van der Waals surface area (Å²) in [6, 6.07) is 11.4. The normalized spacial score (nSPS) is 16.4. The van der Waals surface area contributed by atoms with Gasteiger partial charge >= 0.3 is 5.97 Å². The Balaban J connectivity index is 1.91. The fraction of sp³-hybridized carbons (Fsp3) is 0.333. The van der Waals surface area contributed by atoms with E-state index in [1.165, 1.54) is 16.5 Å². The van der Waals surface area contributed by atoms with Gasteiger partial charge < -0.3 is 9.64 Å². The first kappa shape index (κ1) is 26.1. The van der Waals surface area contributed by atoms with Gasteiger partial charge in [0.2, 0.25) is 9.84 Å². The zero-order valence-corrected chi connectivity index (χ0v) is 21.8. The second kappa shape index (κ2) is 10.6. The van der Waals surface area contributed by atoms with Crippen molar-refractivity contribution in [2.75, 3.05) is 24.6 Å². The molecule has 1 saturated heterocycles. The number of ether oxygens (including phenoxy) is 1. The highest BCUT2D eigenvalue weighted by Gasteiger charge is 2.30. The topological polar surface area (TPSA) is 122 Å². The lowest BCUT2D eigenvalue weighted by Gasteiger charge is -2.33. The van der Waals surface area contributed by atoms with Gasteiger partial charge in [0.15, 0.2) is 0 Å². The molecule has 1 fully saturated rings.